The highest BCUT2D eigenvalue weighted by molar-refractivity contribution is 5.89. The Morgan fingerprint density at radius 2 is 1.32 bits per heavy atom. The van der Waals surface area contributed by atoms with Crippen molar-refractivity contribution in [2.24, 2.45) is 16.7 Å². The Balaban J connectivity index is 5.02. The number of carbonyl (C=O) groups excluding carboxylic acids is 2. The highest BCUT2D eigenvalue weighted by Crippen LogP contribution is 2.35. The molecule has 0 amide bonds. The van der Waals surface area contributed by atoms with Crippen molar-refractivity contribution >= 4 is 11.8 Å². The maximum absolute atomic E-state index is 12.5. The Morgan fingerprint density at radius 3 is 1.58 bits per heavy atom. The van der Waals surface area contributed by atoms with Gasteiger partial charge in [-0.15, -0.1) is 0 Å². The number of carbonyl (C=O) groups is 2. The number of rotatable bonds is 3. The predicted molar refractivity (Wildman–Crippen MR) is 77.9 cm³/mol. The molecular weight excluding hydrogens is 240 g/mol. The summed E-state index contributed by atoms with van der Waals surface area (Å²) in [5, 5.41) is 0. The van der Waals surface area contributed by atoms with Gasteiger partial charge in [-0.25, -0.2) is 0 Å². The maximum Gasteiger partial charge on any atom is 0.307 e. The molecule has 19 heavy (non-hydrogen) atoms. The van der Waals surface area contributed by atoms with Gasteiger partial charge in [0.2, 0.25) is 0 Å². The summed E-state index contributed by atoms with van der Waals surface area (Å²) in [6.07, 6.45) is 0.150. The highest BCUT2D eigenvalue weighted by atomic mass is 16.6. The SMILES string of the molecule is CC(C)(C)OC(=O)C[C@H](C(=O)C(C)(C)C)C(C)(C)C. The van der Waals surface area contributed by atoms with Crippen molar-refractivity contribution in [3.63, 3.8) is 0 Å². The standard InChI is InChI=1S/C16H30O3/c1-14(2,3)11(13(18)15(4,5)6)10-12(17)19-16(7,8)9/h11H,10H2,1-9H3/t11-/m1/s1. The Morgan fingerprint density at radius 1 is 0.895 bits per heavy atom. The van der Waals surface area contributed by atoms with Crippen LogP contribution in [-0.2, 0) is 14.3 Å². The fourth-order valence-electron chi connectivity index (χ4n) is 1.86. The van der Waals surface area contributed by atoms with Crippen LogP contribution >= 0.6 is 0 Å². The van der Waals surface area contributed by atoms with E-state index in [1.165, 1.54) is 0 Å². The third kappa shape index (κ3) is 6.74. The van der Waals surface area contributed by atoms with Gasteiger partial charge >= 0.3 is 5.97 Å². The zero-order chi connectivity index (χ0) is 15.6. The third-order valence-electron chi connectivity index (χ3n) is 2.89. The van der Waals surface area contributed by atoms with Gasteiger partial charge in [-0.2, -0.15) is 0 Å². The van der Waals surface area contributed by atoms with Crippen molar-refractivity contribution in [2.75, 3.05) is 0 Å². The summed E-state index contributed by atoms with van der Waals surface area (Å²) < 4.78 is 5.34. The van der Waals surface area contributed by atoms with E-state index in [1.807, 2.05) is 62.3 Å². The van der Waals surface area contributed by atoms with Crippen LogP contribution in [0.2, 0.25) is 0 Å². The molecule has 0 aliphatic heterocycles. The maximum atomic E-state index is 12.5. The Hall–Kier alpha value is -0.860. The summed E-state index contributed by atoms with van der Waals surface area (Å²) in [6, 6.07) is 0. The van der Waals surface area contributed by atoms with Crippen LogP contribution in [0.15, 0.2) is 0 Å². The van der Waals surface area contributed by atoms with Crippen molar-refractivity contribution in [3.8, 4) is 0 Å². The van der Waals surface area contributed by atoms with E-state index in [-0.39, 0.29) is 29.5 Å². The first-order valence-corrected chi connectivity index (χ1v) is 6.91. The largest absolute Gasteiger partial charge is 0.460 e. The molecule has 3 heteroatoms. The molecule has 0 aromatic heterocycles. The van der Waals surface area contributed by atoms with Crippen molar-refractivity contribution in [2.45, 2.75) is 74.3 Å². The van der Waals surface area contributed by atoms with E-state index in [0.717, 1.165) is 0 Å². The van der Waals surface area contributed by atoms with Crippen LogP contribution in [0.4, 0.5) is 0 Å². The first kappa shape index (κ1) is 18.1. The van der Waals surface area contributed by atoms with Gasteiger partial charge in [-0.1, -0.05) is 41.5 Å². The third-order valence-corrected chi connectivity index (χ3v) is 2.89. The molecule has 0 aliphatic carbocycles. The summed E-state index contributed by atoms with van der Waals surface area (Å²) in [6.45, 7) is 17.2. The van der Waals surface area contributed by atoms with Crippen molar-refractivity contribution in [3.05, 3.63) is 0 Å². The molecule has 0 aliphatic rings. The number of ketones is 1. The number of hydrogen-bond acceptors (Lipinski definition) is 3. The van der Waals surface area contributed by atoms with E-state index >= 15 is 0 Å². The van der Waals surface area contributed by atoms with Crippen LogP contribution in [0.25, 0.3) is 0 Å². The van der Waals surface area contributed by atoms with Gasteiger partial charge < -0.3 is 4.74 Å². The summed E-state index contributed by atoms with van der Waals surface area (Å²) in [7, 11) is 0. The van der Waals surface area contributed by atoms with Crippen molar-refractivity contribution < 1.29 is 14.3 Å². The molecule has 0 saturated carbocycles. The number of Topliss-reactive ketones (excluding diaryl/α,β-unsaturated/α-hetero) is 1. The average Bonchev–Trinajstić information content (AvgIpc) is 2.06. The van der Waals surface area contributed by atoms with Gasteiger partial charge in [0.25, 0.3) is 0 Å². The van der Waals surface area contributed by atoms with Gasteiger partial charge in [-0.3, -0.25) is 9.59 Å². The van der Waals surface area contributed by atoms with Crippen LogP contribution < -0.4 is 0 Å². The predicted octanol–water partition coefficient (Wildman–Crippen LogP) is 4.00. The number of ether oxygens (including phenoxy) is 1. The molecule has 0 rings (SSSR count). The normalized spacial score (nSPS) is 15.0. The minimum Gasteiger partial charge on any atom is -0.460 e. The van der Waals surface area contributed by atoms with E-state index in [0.29, 0.717) is 0 Å². The Kier molecular flexibility index (Phi) is 5.38. The van der Waals surface area contributed by atoms with Crippen LogP contribution in [0.3, 0.4) is 0 Å². The monoisotopic (exact) mass is 270 g/mol. The van der Waals surface area contributed by atoms with Gasteiger partial charge in [0.05, 0.1) is 6.42 Å². The van der Waals surface area contributed by atoms with Crippen LogP contribution in [0, 0.1) is 16.7 Å². The minimum absolute atomic E-state index is 0.117. The fraction of sp³-hybridized carbons (Fsp3) is 0.875. The molecule has 3 nitrogen and oxygen atoms in total. The first-order valence-electron chi connectivity index (χ1n) is 6.91. The van der Waals surface area contributed by atoms with Gasteiger partial charge in [-0.05, 0) is 26.2 Å². The van der Waals surface area contributed by atoms with E-state index < -0.39 is 11.0 Å². The topological polar surface area (TPSA) is 43.4 Å². The molecule has 0 aromatic carbocycles. The summed E-state index contributed by atoms with van der Waals surface area (Å²) in [4.78, 5) is 24.5. The second kappa shape index (κ2) is 5.64. The minimum atomic E-state index is -0.510. The summed E-state index contributed by atoms with van der Waals surface area (Å²) in [5.74, 6) is -0.502. The van der Waals surface area contributed by atoms with Crippen molar-refractivity contribution in [1.82, 2.24) is 0 Å². The molecule has 0 aromatic rings. The molecular formula is C16H30O3. The van der Waals surface area contributed by atoms with E-state index in [9.17, 15) is 9.59 Å². The Labute approximate surface area is 118 Å². The highest BCUT2D eigenvalue weighted by Gasteiger charge is 2.39. The summed E-state index contributed by atoms with van der Waals surface area (Å²) in [5.41, 5.74) is -1.20. The Bertz CT molecular complexity index is 334. The average molecular weight is 270 g/mol. The number of hydrogen-bond donors (Lipinski definition) is 0. The van der Waals surface area contributed by atoms with Crippen LogP contribution in [0.1, 0.15) is 68.7 Å². The first-order chi connectivity index (χ1) is 8.14. The second-order valence-corrected chi connectivity index (χ2v) is 8.32. The molecule has 112 valence electrons. The van der Waals surface area contributed by atoms with Crippen molar-refractivity contribution in [1.29, 1.82) is 0 Å². The van der Waals surface area contributed by atoms with Gasteiger partial charge in [0.1, 0.15) is 11.4 Å². The molecule has 1 atom stereocenters. The lowest BCUT2D eigenvalue weighted by atomic mass is 9.69. The molecule has 0 N–H and O–H groups in total. The molecule has 0 fully saturated rings. The lowest BCUT2D eigenvalue weighted by Crippen LogP contribution is -2.39. The fourth-order valence-corrected chi connectivity index (χ4v) is 1.86. The lowest BCUT2D eigenvalue weighted by Gasteiger charge is -2.34. The zero-order valence-electron chi connectivity index (χ0n) is 14.0. The molecule has 0 saturated heterocycles. The van der Waals surface area contributed by atoms with E-state index in [1.54, 1.807) is 0 Å². The summed E-state index contributed by atoms with van der Waals surface area (Å²) >= 11 is 0. The van der Waals surface area contributed by atoms with Gasteiger partial charge in [0, 0.05) is 11.3 Å². The molecule has 0 radical (unpaired) electrons. The van der Waals surface area contributed by atoms with E-state index in [4.69, 9.17) is 4.74 Å². The van der Waals surface area contributed by atoms with Crippen LogP contribution in [0.5, 0.6) is 0 Å². The van der Waals surface area contributed by atoms with E-state index in [2.05, 4.69) is 0 Å². The van der Waals surface area contributed by atoms with Crippen LogP contribution in [-0.4, -0.2) is 17.4 Å². The molecule has 0 bridgehead atoms. The second-order valence-electron chi connectivity index (χ2n) is 8.32. The molecule has 0 unspecified atom stereocenters. The smallest absolute Gasteiger partial charge is 0.307 e. The number of esters is 1. The zero-order valence-corrected chi connectivity index (χ0v) is 14.0. The van der Waals surface area contributed by atoms with Gasteiger partial charge in [0.15, 0.2) is 0 Å². The molecule has 0 spiro atoms. The molecule has 0 heterocycles. The quantitative estimate of drug-likeness (QED) is 0.728. The lowest BCUT2D eigenvalue weighted by molar-refractivity contribution is -0.159.